The average Bonchev–Trinajstić information content (AvgIpc) is 3.12. The lowest BCUT2D eigenvalue weighted by Crippen LogP contribution is -2.30. The van der Waals surface area contributed by atoms with Gasteiger partial charge in [-0.3, -0.25) is 4.79 Å². The number of anilines is 3. The summed E-state index contributed by atoms with van der Waals surface area (Å²) in [6, 6.07) is 19.8. The summed E-state index contributed by atoms with van der Waals surface area (Å²) >= 11 is 0. The Morgan fingerprint density at radius 2 is 1.81 bits per heavy atom. The lowest BCUT2D eigenvalue weighted by molar-refractivity contribution is 0.0984. The van der Waals surface area contributed by atoms with Crippen molar-refractivity contribution in [2.75, 3.05) is 22.9 Å². The van der Waals surface area contributed by atoms with Crippen LogP contribution in [-0.2, 0) is 6.42 Å². The van der Waals surface area contributed by atoms with Crippen molar-refractivity contribution < 1.29 is 4.79 Å². The molecule has 1 aromatic heterocycles. The van der Waals surface area contributed by atoms with E-state index in [0.29, 0.717) is 24.7 Å². The van der Waals surface area contributed by atoms with Crippen LogP contribution in [0.2, 0.25) is 0 Å². The third-order valence-electron chi connectivity index (χ3n) is 4.82. The Morgan fingerprint density at radius 3 is 2.59 bits per heavy atom. The first kappa shape index (κ1) is 17.2. The molecule has 4 rings (SSSR count). The first-order valence-corrected chi connectivity index (χ1v) is 9.25. The molecule has 1 aliphatic heterocycles. The number of hydrogen-bond acceptors (Lipinski definition) is 4. The summed E-state index contributed by atoms with van der Waals surface area (Å²) in [7, 11) is 0. The van der Waals surface area contributed by atoms with Crippen molar-refractivity contribution in [3.05, 3.63) is 77.6 Å². The van der Waals surface area contributed by atoms with Gasteiger partial charge in [-0.25, -0.2) is 9.97 Å². The molecule has 136 valence electrons. The van der Waals surface area contributed by atoms with Gasteiger partial charge < -0.3 is 9.80 Å². The van der Waals surface area contributed by atoms with E-state index < -0.39 is 0 Å². The number of amides is 1. The molecule has 0 saturated heterocycles. The summed E-state index contributed by atoms with van der Waals surface area (Å²) in [6.07, 6.45) is 0.879. The monoisotopic (exact) mass is 358 g/mol. The van der Waals surface area contributed by atoms with E-state index >= 15 is 0 Å². The summed E-state index contributed by atoms with van der Waals surface area (Å²) in [5.41, 5.74) is 4.41. The number of para-hydroxylation sites is 2. The second kappa shape index (κ2) is 7.19. The highest BCUT2D eigenvalue weighted by Gasteiger charge is 2.27. The number of aryl methyl sites for hydroxylation is 1. The number of carbonyl (C=O) groups excluding carboxylic acids is 1. The molecule has 2 heterocycles. The molecule has 0 N–H and O–H groups in total. The standard InChI is InChI=1S/C22H22N4O/c1-3-25(18-10-5-4-6-11-18)22-23-16(2)15-19(24-22)21(27)26-14-13-17-9-7-8-12-20(17)26/h4-12,15H,3,13-14H2,1-2H3. The number of fused-ring (bicyclic) bond motifs is 1. The largest absolute Gasteiger partial charge is 0.311 e. The van der Waals surface area contributed by atoms with Gasteiger partial charge in [-0.1, -0.05) is 36.4 Å². The Bertz CT molecular complexity index is 971. The first-order chi connectivity index (χ1) is 13.2. The molecular formula is C22H22N4O. The van der Waals surface area contributed by atoms with Crippen molar-refractivity contribution in [1.29, 1.82) is 0 Å². The van der Waals surface area contributed by atoms with E-state index in [-0.39, 0.29) is 5.91 Å². The molecule has 1 aliphatic rings. The minimum Gasteiger partial charge on any atom is -0.311 e. The predicted molar refractivity (Wildman–Crippen MR) is 108 cm³/mol. The van der Waals surface area contributed by atoms with E-state index in [4.69, 9.17) is 0 Å². The Balaban J connectivity index is 1.70. The van der Waals surface area contributed by atoms with E-state index in [1.54, 1.807) is 6.07 Å². The van der Waals surface area contributed by atoms with E-state index in [2.05, 4.69) is 23.0 Å². The quantitative estimate of drug-likeness (QED) is 0.703. The van der Waals surface area contributed by atoms with E-state index in [1.807, 2.05) is 65.3 Å². The number of aromatic nitrogens is 2. The van der Waals surface area contributed by atoms with Gasteiger partial charge in [0, 0.05) is 30.2 Å². The van der Waals surface area contributed by atoms with Crippen LogP contribution in [0.1, 0.15) is 28.7 Å². The zero-order valence-corrected chi connectivity index (χ0v) is 15.6. The highest BCUT2D eigenvalue weighted by Crippen LogP contribution is 2.29. The van der Waals surface area contributed by atoms with Gasteiger partial charge in [-0.2, -0.15) is 0 Å². The summed E-state index contributed by atoms with van der Waals surface area (Å²) < 4.78 is 0. The van der Waals surface area contributed by atoms with Crippen LogP contribution in [-0.4, -0.2) is 29.0 Å². The number of nitrogens with zero attached hydrogens (tertiary/aromatic N) is 4. The van der Waals surface area contributed by atoms with Gasteiger partial charge in [-0.05, 0) is 50.1 Å². The topological polar surface area (TPSA) is 49.3 Å². The molecule has 27 heavy (non-hydrogen) atoms. The van der Waals surface area contributed by atoms with Crippen LogP contribution in [0.4, 0.5) is 17.3 Å². The molecule has 5 heteroatoms. The maximum Gasteiger partial charge on any atom is 0.277 e. The van der Waals surface area contributed by atoms with E-state index in [9.17, 15) is 4.79 Å². The number of benzene rings is 2. The second-order valence-corrected chi connectivity index (χ2v) is 6.61. The Kier molecular flexibility index (Phi) is 4.59. The lowest BCUT2D eigenvalue weighted by atomic mass is 10.2. The van der Waals surface area contributed by atoms with Crippen molar-refractivity contribution in [1.82, 2.24) is 9.97 Å². The molecule has 1 amide bonds. The van der Waals surface area contributed by atoms with Crippen LogP contribution >= 0.6 is 0 Å². The van der Waals surface area contributed by atoms with Gasteiger partial charge >= 0.3 is 0 Å². The fourth-order valence-corrected chi connectivity index (χ4v) is 3.52. The fourth-order valence-electron chi connectivity index (χ4n) is 3.52. The van der Waals surface area contributed by atoms with Gasteiger partial charge in [0.15, 0.2) is 0 Å². The van der Waals surface area contributed by atoms with Gasteiger partial charge in [0.05, 0.1) is 0 Å². The summed E-state index contributed by atoms with van der Waals surface area (Å²) in [4.78, 5) is 26.2. The minimum atomic E-state index is -0.0733. The van der Waals surface area contributed by atoms with Crippen LogP contribution in [0.25, 0.3) is 0 Å². The summed E-state index contributed by atoms with van der Waals surface area (Å²) in [6.45, 7) is 5.36. The predicted octanol–water partition coefficient (Wildman–Crippen LogP) is 4.15. The van der Waals surface area contributed by atoms with Crippen LogP contribution in [0.15, 0.2) is 60.7 Å². The van der Waals surface area contributed by atoms with Crippen LogP contribution < -0.4 is 9.80 Å². The zero-order chi connectivity index (χ0) is 18.8. The van der Waals surface area contributed by atoms with Crippen molar-refractivity contribution in [2.24, 2.45) is 0 Å². The molecule has 3 aromatic rings. The van der Waals surface area contributed by atoms with Crippen molar-refractivity contribution in [3.8, 4) is 0 Å². The van der Waals surface area contributed by atoms with Crippen molar-refractivity contribution in [2.45, 2.75) is 20.3 Å². The molecule has 0 radical (unpaired) electrons. The third-order valence-corrected chi connectivity index (χ3v) is 4.82. The molecule has 5 nitrogen and oxygen atoms in total. The maximum absolute atomic E-state index is 13.2. The summed E-state index contributed by atoms with van der Waals surface area (Å²) in [5.74, 6) is 0.482. The smallest absolute Gasteiger partial charge is 0.277 e. The molecule has 0 atom stereocenters. The Labute approximate surface area is 159 Å². The minimum absolute atomic E-state index is 0.0733. The molecule has 0 aliphatic carbocycles. The van der Waals surface area contributed by atoms with Gasteiger partial charge in [0.2, 0.25) is 5.95 Å². The lowest BCUT2D eigenvalue weighted by Gasteiger charge is -2.22. The van der Waals surface area contributed by atoms with Gasteiger partial charge in [0.25, 0.3) is 5.91 Å². The third kappa shape index (κ3) is 3.28. The zero-order valence-electron chi connectivity index (χ0n) is 15.6. The Hall–Kier alpha value is -3.21. The summed E-state index contributed by atoms with van der Waals surface area (Å²) in [5, 5.41) is 0. The molecule has 0 unspecified atom stereocenters. The van der Waals surface area contributed by atoms with Gasteiger partial charge in [0.1, 0.15) is 5.69 Å². The normalized spacial score (nSPS) is 12.7. The second-order valence-electron chi connectivity index (χ2n) is 6.61. The molecule has 0 fully saturated rings. The van der Waals surface area contributed by atoms with Crippen molar-refractivity contribution >= 4 is 23.2 Å². The highest BCUT2D eigenvalue weighted by molar-refractivity contribution is 6.06. The van der Waals surface area contributed by atoms with Crippen LogP contribution in [0, 0.1) is 6.92 Å². The van der Waals surface area contributed by atoms with E-state index in [0.717, 1.165) is 23.5 Å². The highest BCUT2D eigenvalue weighted by atomic mass is 16.2. The first-order valence-electron chi connectivity index (χ1n) is 9.25. The Morgan fingerprint density at radius 1 is 1.07 bits per heavy atom. The number of rotatable bonds is 4. The SMILES string of the molecule is CCN(c1ccccc1)c1nc(C)cc(C(=O)N2CCc3ccccc32)n1. The van der Waals surface area contributed by atoms with Gasteiger partial charge in [-0.15, -0.1) is 0 Å². The number of carbonyl (C=O) groups is 1. The van der Waals surface area contributed by atoms with Crippen molar-refractivity contribution in [3.63, 3.8) is 0 Å². The van der Waals surface area contributed by atoms with Crippen LogP contribution in [0.5, 0.6) is 0 Å². The molecule has 0 spiro atoms. The maximum atomic E-state index is 13.2. The van der Waals surface area contributed by atoms with E-state index in [1.165, 1.54) is 5.56 Å². The average molecular weight is 358 g/mol. The molecular weight excluding hydrogens is 336 g/mol. The molecule has 2 aromatic carbocycles. The molecule has 0 saturated carbocycles. The van der Waals surface area contributed by atoms with Crippen LogP contribution in [0.3, 0.4) is 0 Å². The number of hydrogen-bond donors (Lipinski definition) is 0. The fraction of sp³-hybridized carbons (Fsp3) is 0.227. The molecule has 0 bridgehead atoms.